The molecule has 1 N–H and O–H groups in total. The average molecular weight is 239 g/mol. The van der Waals surface area contributed by atoms with Crippen molar-refractivity contribution >= 4 is 0 Å². The lowest BCUT2D eigenvalue weighted by atomic mass is 10.1. The van der Waals surface area contributed by atoms with Crippen LogP contribution in [0.2, 0.25) is 0 Å². The highest BCUT2D eigenvalue weighted by molar-refractivity contribution is 5.10. The molecule has 3 nitrogen and oxygen atoms in total. The molecule has 1 heterocycles. The maximum atomic E-state index is 5.75. The van der Waals surface area contributed by atoms with Gasteiger partial charge in [0, 0.05) is 7.11 Å². The van der Waals surface area contributed by atoms with E-state index >= 15 is 0 Å². The Morgan fingerprint density at radius 2 is 2.12 bits per heavy atom. The molecule has 0 aliphatic heterocycles. The highest BCUT2D eigenvalue weighted by atomic mass is 16.5. The van der Waals surface area contributed by atoms with Crippen LogP contribution in [0.5, 0.6) is 0 Å². The normalized spacial score (nSPS) is 12.9. The van der Waals surface area contributed by atoms with E-state index in [0.29, 0.717) is 12.6 Å². The summed E-state index contributed by atoms with van der Waals surface area (Å²) in [5.41, 5.74) is 0. The molecular weight excluding hydrogens is 214 g/mol. The monoisotopic (exact) mass is 239 g/mol. The van der Waals surface area contributed by atoms with Crippen LogP contribution < -0.4 is 5.32 Å². The predicted molar refractivity (Wildman–Crippen MR) is 70.0 cm³/mol. The van der Waals surface area contributed by atoms with Gasteiger partial charge in [0.25, 0.3) is 0 Å². The second-order valence-electron chi connectivity index (χ2n) is 4.43. The minimum absolute atomic E-state index is 0.331. The van der Waals surface area contributed by atoms with E-state index < -0.39 is 0 Å². The largest absolute Gasteiger partial charge is 0.462 e. The number of hydrogen-bond donors (Lipinski definition) is 1. The van der Waals surface area contributed by atoms with Crippen LogP contribution in [-0.4, -0.2) is 14.2 Å². The van der Waals surface area contributed by atoms with Crippen molar-refractivity contribution in [3.8, 4) is 0 Å². The number of rotatable bonds is 9. The molecule has 0 amide bonds. The molecule has 17 heavy (non-hydrogen) atoms. The van der Waals surface area contributed by atoms with Gasteiger partial charge in [-0.1, -0.05) is 32.6 Å². The summed E-state index contributed by atoms with van der Waals surface area (Å²) in [5.74, 6) is 1.92. The Morgan fingerprint density at radius 1 is 1.29 bits per heavy atom. The first-order valence-electron chi connectivity index (χ1n) is 6.56. The molecule has 0 bridgehead atoms. The van der Waals surface area contributed by atoms with E-state index in [2.05, 4.69) is 18.3 Å². The van der Waals surface area contributed by atoms with Gasteiger partial charge in [-0.15, -0.1) is 0 Å². The first-order valence-corrected chi connectivity index (χ1v) is 6.56. The van der Waals surface area contributed by atoms with Crippen molar-refractivity contribution in [3.63, 3.8) is 0 Å². The fourth-order valence-corrected chi connectivity index (χ4v) is 2.01. The van der Waals surface area contributed by atoms with Gasteiger partial charge in [0.05, 0.1) is 6.04 Å². The van der Waals surface area contributed by atoms with Gasteiger partial charge < -0.3 is 14.5 Å². The molecule has 98 valence electrons. The molecule has 3 heteroatoms. The molecule has 0 radical (unpaired) electrons. The molecule has 0 saturated heterocycles. The van der Waals surface area contributed by atoms with Crippen LogP contribution in [0, 0.1) is 0 Å². The summed E-state index contributed by atoms with van der Waals surface area (Å²) in [6.45, 7) is 2.78. The molecule has 1 aromatic rings. The van der Waals surface area contributed by atoms with E-state index in [-0.39, 0.29) is 0 Å². The van der Waals surface area contributed by atoms with Crippen LogP contribution in [0.4, 0.5) is 0 Å². The number of nitrogens with one attached hydrogen (secondary N) is 1. The van der Waals surface area contributed by atoms with Crippen molar-refractivity contribution in [2.45, 2.75) is 51.7 Å². The lowest BCUT2D eigenvalue weighted by Crippen LogP contribution is -2.15. The Hall–Kier alpha value is -0.800. The minimum Gasteiger partial charge on any atom is -0.462 e. The lowest BCUT2D eigenvalue weighted by Gasteiger charge is -2.13. The summed E-state index contributed by atoms with van der Waals surface area (Å²) in [7, 11) is 3.67. The van der Waals surface area contributed by atoms with Gasteiger partial charge in [-0.25, -0.2) is 0 Å². The number of ether oxygens (including phenoxy) is 1. The molecule has 1 unspecified atom stereocenters. The van der Waals surface area contributed by atoms with E-state index in [1.165, 1.54) is 25.7 Å². The molecule has 1 rings (SSSR count). The second-order valence-corrected chi connectivity index (χ2v) is 4.43. The van der Waals surface area contributed by atoms with E-state index in [9.17, 15) is 0 Å². The quantitative estimate of drug-likeness (QED) is 0.668. The number of methoxy groups -OCH3 is 1. The molecule has 1 atom stereocenters. The van der Waals surface area contributed by atoms with E-state index in [4.69, 9.17) is 9.15 Å². The maximum Gasteiger partial charge on any atom is 0.129 e. The first-order chi connectivity index (χ1) is 8.31. The summed E-state index contributed by atoms with van der Waals surface area (Å²) < 4.78 is 10.8. The summed E-state index contributed by atoms with van der Waals surface area (Å²) in [6.07, 6.45) is 6.29. The fraction of sp³-hybridized carbons (Fsp3) is 0.714. The highest BCUT2D eigenvalue weighted by Crippen LogP contribution is 2.22. The topological polar surface area (TPSA) is 34.4 Å². The van der Waals surface area contributed by atoms with Gasteiger partial charge in [0.1, 0.15) is 18.1 Å². The fourth-order valence-electron chi connectivity index (χ4n) is 2.01. The smallest absolute Gasteiger partial charge is 0.129 e. The van der Waals surface area contributed by atoms with E-state index in [1.54, 1.807) is 7.11 Å². The molecule has 0 saturated carbocycles. The molecule has 0 spiro atoms. The minimum atomic E-state index is 0.331. The Bertz CT molecular complexity index is 296. The highest BCUT2D eigenvalue weighted by Gasteiger charge is 2.13. The van der Waals surface area contributed by atoms with Gasteiger partial charge in [0.15, 0.2) is 0 Å². The van der Waals surface area contributed by atoms with Crippen LogP contribution in [0.25, 0.3) is 0 Å². The second kappa shape index (κ2) is 8.31. The van der Waals surface area contributed by atoms with Gasteiger partial charge in [-0.3, -0.25) is 0 Å². The predicted octanol–water partition coefficient (Wildman–Crippen LogP) is 3.66. The Morgan fingerprint density at radius 3 is 2.76 bits per heavy atom. The van der Waals surface area contributed by atoms with Gasteiger partial charge in [0.2, 0.25) is 0 Å². The summed E-state index contributed by atoms with van der Waals surface area (Å²) in [4.78, 5) is 0. The van der Waals surface area contributed by atoms with Crippen molar-refractivity contribution in [2.24, 2.45) is 0 Å². The van der Waals surface area contributed by atoms with Crippen molar-refractivity contribution in [1.82, 2.24) is 5.32 Å². The van der Waals surface area contributed by atoms with E-state index in [1.807, 2.05) is 13.1 Å². The van der Waals surface area contributed by atoms with Gasteiger partial charge >= 0.3 is 0 Å². The first kappa shape index (κ1) is 14.3. The Balaban J connectivity index is 2.42. The third kappa shape index (κ3) is 4.92. The molecule has 0 aliphatic rings. The van der Waals surface area contributed by atoms with Crippen molar-refractivity contribution < 1.29 is 9.15 Å². The zero-order valence-corrected chi connectivity index (χ0v) is 11.3. The van der Waals surface area contributed by atoms with Crippen LogP contribution >= 0.6 is 0 Å². The van der Waals surface area contributed by atoms with Crippen molar-refractivity contribution in [3.05, 3.63) is 23.7 Å². The Labute approximate surface area is 105 Å². The lowest BCUT2D eigenvalue weighted by molar-refractivity contribution is 0.161. The van der Waals surface area contributed by atoms with E-state index in [0.717, 1.165) is 17.9 Å². The van der Waals surface area contributed by atoms with Crippen LogP contribution in [0.1, 0.15) is 56.6 Å². The molecular formula is C14H25NO2. The summed E-state index contributed by atoms with van der Waals surface area (Å²) in [5, 5.41) is 3.32. The molecule has 0 aromatic carbocycles. The summed E-state index contributed by atoms with van der Waals surface area (Å²) >= 11 is 0. The number of hydrogen-bond acceptors (Lipinski definition) is 3. The zero-order chi connectivity index (χ0) is 12.5. The molecule has 0 aliphatic carbocycles. The maximum absolute atomic E-state index is 5.75. The van der Waals surface area contributed by atoms with Crippen LogP contribution in [0.15, 0.2) is 16.5 Å². The van der Waals surface area contributed by atoms with Gasteiger partial charge in [-0.05, 0) is 25.6 Å². The van der Waals surface area contributed by atoms with Gasteiger partial charge in [-0.2, -0.15) is 0 Å². The third-order valence-corrected chi connectivity index (χ3v) is 3.01. The standard InChI is InChI=1S/C14H25NO2/c1-4-5-6-7-8-13(15-2)14-10-9-12(17-14)11-16-3/h9-10,13,15H,4-8,11H2,1-3H3. The molecule has 0 fully saturated rings. The average Bonchev–Trinajstić information content (AvgIpc) is 2.78. The third-order valence-electron chi connectivity index (χ3n) is 3.01. The number of furan rings is 1. The Kier molecular flexibility index (Phi) is 6.97. The molecule has 1 aromatic heterocycles. The number of unbranched alkanes of at least 4 members (excludes halogenated alkanes) is 3. The van der Waals surface area contributed by atoms with Crippen molar-refractivity contribution in [2.75, 3.05) is 14.2 Å². The summed E-state index contributed by atoms with van der Waals surface area (Å²) in [6, 6.07) is 4.38. The van der Waals surface area contributed by atoms with Crippen molar-refractivity contribution in [1.29, 1.82) is 0 Å². The zero-order valence-electron chi connectivity index (χ0n) is 11.3. The van der Waals surface area contributed by atoms with Crippen LogP contribution in [-0.2, 0) is 11.3 Å². The van der Waals surface area contributed by atoms with Crippen LogP contribution in [0.3, 0.4) is 0 Å². The SMILES string of the molecule is CCCCCCC(NC)c1ccc(COC)o1.